The summed E-state index contributed by atoms with van der Waals surface area (Å²) < 4.78 is 45.7. The van der Waals surface area contributed by atoms with Gasteiger partial charge in [-0.15, -0.1) is 0 Å². The number of nitrogens with one attached hydrogen (secondary N) is 1. The molecule has 0 aliphatic heterocycles. The van der Waals surface area contributed by atoms with Crippen LogP contribution in [0.15, 0.2) is 58.5 Å². The van der Waals surface area contributed by atoms with Crippen LogP contribution in [0.2, 0.25) is 0 Å². The Morgan fingerprint density at radius 1 is 1.19 bits per heavy atom. The molecule has 0 radical (unpaired) electrons. The molecule has 0 spiro atoms. The fourth-order valence-corrected chi connectivity index (χ4v) is 4.02. The van der Waals surface area contributed by atoms with Crippen molar-refractivity contribution in [3.63, 3.8) is 0 Å². The molecule has 0 aliphatic rings. The lowest BCUT2D eigenvalue weighted by Gasteiger charge is -2.14. The third kappa shape index (κ3) is 4.02. The van der Waals surface area contributed by atoms with E-state index in [2.05, 4.69) is 9.97 Å². The molecule has 6 nitrogen and oxygen atoms in total. The molecule has 0 saturated heterocycles. The van der Waals surface area contributed by atoms with E-state index in [-0.39, 0.29) is 28.7 Å². The predicted molar refractivity (Wildman–Crippen MR) is 112 cm³/mol. The normalized spacial score (nSPS) is 11.9. The van der Waals surface area contributed by atoms with Crippen molar-refractivity contribution in [2.75, 3.05) is 12.4 Å². The molecule has 1 N–H and O–H groups in total. The Morgan fingerprint density at radius 2 is 1.97 bits per heavy atom. The highest BCUT2D eigenvalue weighted by molar-refractivity contribution is 7.99. The SMILES string of the molecule is CCOC(=O)CSc1nc2c([nH]c3ccccc32)c(=O)n1-c1cccc(C(F)(F)F)c1. The number of alkyl halides is 3. The molecule has 0 amide bonds. The van der Waals surface area contributed by atoms with Crippen molar-refractivity contribution >= 4 is 39.7 Å². The first-order chi connectivity index (χ1) is 14.8. The maximum atomic E-state index is 13.3. The number of nitrogens with zero attached hydrogens (tertiary/aromatic N) is 2. The summed E-state index contributed by atoms with van der Waals surface area (Å²) in [4.78, 5) is 32.7. The van der Waals surface area contributed by atoms with Gasteiger partial charge in [-0.05, 0) is 31.2 Å². The van der Waals surface area contributed by atoms with Crippen molar-refractivity contribution in [1.29, 1.82) is 0 Å². The number of halogens is 3. The van der Waals surface area contributed by atoms with Gasteiger partial charge in [0.2, 0.25) is 0 Å². The minimum Gasteiger partial charge on any atom is -0.465 e. The molecular formula is C21H16F3N3O3S. The van der Waals surface area contributed by atoms with E-state index in [9.17, 15) is 22.8 Å². The van der Waals surface area contributed by atoms with Crippen LogP contribution < -0.4 is 5.56 Å². The summed E-state index contributed by atoms with van der Waals surface area (Å²) in [6, 6.07) is 11.6. The summed E-state index contributed by atoms with van der Waals surface area (Å²) in [6.07, 6.45) is -4.57. The van der Waals surface area contributed by atoms with E-state index in [1.165, 1.54) is 12.1 Å². The molecule has 160 valence electrons. The lowest BCUT2D eigenvalue weighted by Crippen LogP contribution is -2.23. The molecule has 0 bridgehead atoms. The molecule has 0 saturated carbocycles. The number of hydrogen-bond acceptors (Lipinski definition) is 5. The van der Waals surface area contributed by atoms with Crippen LogP contribution in [0.5, 0.6) is 0 Å². The second-order valence-corrected chi connectivity index (χ2v) is 7.51. The molecular weight excluding hydrogens is 431 g/mol. The van der Waals surface area contributed by atoms with Gasteiger partial charge in [-0.3, -0.25) is 14.2 Å². The van der Waals surface area contributed by atoms with E-state index in [0.717, 1.165) is 28.5 Å². The number of thioether (sulfide) groups is 1. The highest BCUT2D eigenvalue weighted by Gasteiger charge is 2.31. The summed E-state index contributed by atoms with van der Waals surface area (Å²) in [5.41, 5.74) is -0.236. The molecule has 2 heterocycles. The number of benzene rings is 2. The van der Waals surface area contributed by atoms with Gasteiger partial charge in [-0.1, -0.05) is 36.0 Å². The monoisotopic (exact) mass is 447 g/mol. The second-order valence-electron chi connectivity index (χ2n) is 6.57. The third-order valence-corrected chi connectivity index (χ3v) is 5.46. The van der Waals surface area contributed by atoms with E-state index in [4.69, 9.17) is 4.74 Å². The van der Waals surface area contributed by atoms with Crippen molar-refractivity contribution in [1.82, 2.24) is 14.5 Å². The summed E-state index contributed by atoms with van der Waals surface area (Å²) in [7, 11) is 0. The average molecular weight is 447 g/mol. The minimum atomic E-state index is -4.57. The van der Waals surface area contributed by atoms with E-state index in [1.54, 1.807) is 31.2 Å². The summed E-state index contributed by atoms with van der Waals surface area (Å²) in [6.45, 7) is 1.85. The first-order valence-electron chi connectivity index (χ1n) is 9.29. The Balaban J connectivity index is 1.94. The Hall–Kier alpha value is -3.27. The molecule has 0 aliphatic carbocycles. The molecule has 4 aromatic rings. The number of H-pyrrole nitrogens is 1. The number of para-hydroxylation sites is 1. The number of carbonyl (C=O) groups excluding carboxylic acids is 1. The summed E-state index contributed by atoms with van der Waals surface area (Å²) in [5, 5.41) is 0.790. The number of fused-ring (bicyclic) bond motifs is 3. The zero-order valence-electron chi connectivity index (χ0n) is 16.2. The average Bonchev–Trinajstić information content (AvgIpc) is 3.11. The Labute approximate surface area is 178 Å². The van der Waals surface area contributed by atoms with E-state index < -0.39 is 23.3 Å². The predicted octanol–water partition coefficient (Wildman–Crippen LogP) is 4.54. The lowest BCUT2D eigenvalue weighted by molar-refractivity contribution is -0.140. The van der Waals surface area contributed by atoms with Crippen LogP contribution in [0.25, 0.3) is 27.6 Å². The zero-order valence-corrected chi connectivity index (χ0v) is 17.0. The highest BCUT2D eigenvalue weighted by Crippen LogP contribution is 2.31. The molecule has 31 heavy (non-hydrogen) atoms. The fraction of sp³-hybridized carbons (Fsp3) is 0.190. The Bertz CT molecular complexity index is 1340. The number of aromatic amines is 1. The minimum absolute atomic E-state index is 0.000704. The van der Waals surface area contributed by atoms with Gasteiger partial charge in [-0.2, -0.15) is 13.2 Å². The van der Waals surface area contributed by atoms with Gasteiger partial charge < -0.3 is 9.72 Å². The van der Waals surface area contributed by atoms with Gasteiger partial charge in [-0.25, -0.2) is 4.98 Å². The largest absolute Gasteiger partial charge is 0.465 e. The van der Waals surface area contributed by atoms with E-state index >= 15 is 0 Å². The van der Waals surface area contributed by atoms with Crippen LogP contribution >= 0.6 is 11.8 Å². The van der Waals surface area contributed by atoms with E-state index in [1.807, 2.05) is 0 Å². The number of esters is 1. The van der Waals surface area contributed by atoms with Gasteiger partial charge in [0.25, 0.3) is 5.56 Å². The maximum absolute atomic E-state index is 13.3. The van der Waals surface area contributed by atoms with Crippen LogP contribution in [-0.4, -0.2) is 32.9 Å². The number of ether oxygens (including phenoxy) is 1. The quantitative estimate of drug-likeness (QED) is 0.276. The molecule has 0 atom stereocenters. The lowest BCUT2D eigenvalue weighted by atomic mass is 10.2. The van der Waals surface area contributed by atoms with Crippen molar-refractivity contribution in [3.8, 4) is 5.69 Å². The third-order valence-electron chi connectivity index (χ3n) is 4.55. The van der Waals surface area contributed by atoms with Crippen molar-refractivity contribution in [3.05, 3.63) is 64.4 Å². The molecule has 10 heteroatoms. The van der Waals surface area contributed by atoms with Crippen LogP contribution in [0, 0.1) is 0 Å². The van der Waals surface area contributed by atoms with Crippen LogP contribution in [0.4, 0.5) is 13.2 Å². The number of rotatable bonds is 5. The zero-order chi connectivity index (χ0) is 22.2. The topological polar surface area (TPSA) is 77.0 Å². The first-order valence-corrected chi connectivity index (χ1v) is 10.3. The standard InChI is InChI=1S/C21H16F3N3O3S/c1-2-30-16(28)11-31-20-26-17-14-8-3-4-9-15(14)25-18(17)19(29)27(20)13-7-5-6-12(10-13)21(22,23)24/h3-10,25H,2,11H2,1H3. The summed E-state index contributed by atoms with van der Waals surface area (Å²) >= 11 is 0.926. The highest BCUT2D eigenvalue weighted by atomic mass is 32.2. The molecule has 4 rings (SSSR count). The van der Waals surface area contributed by atoms with Crippen molar-refractivity contribution in [2.45, 2.75) is 18.3 Å². The molecule has 0 fully saturated rings. The molecule has 0 unspecified atom stereocenters. The number of hydrogen-bond donors (Lipinski definition) is 1. The van der Waals surface area contributed by atoms with Crippen LogP contribution in [0.3, 0.4) is 0 Å². The number of aromatic nitrogens is 3. The Kier molecular flexibility index (Phi) is 5.48. The van der Waals surface area contributed by atoms with Gasteiger partial charge in [0.15, 0.2) is 5.16 Å². The van der Waals surface area contributed by atoms with Crippen LogP contribution in [-0.2, 0) is 15.7 Å². The van der Waals surface area contributed by atoms with Gasteiger partial charge in [0, 0.05) is 10.9 Å². The van der Waals surface area contributed by atoms with Gasteiger partial charge in [0.05, 0.1) is 23.6 Å². The Morgan fingerprint density at radius 3 is 2.71 bits per heavy atom. The van der Waals surface area contributed by atoms with Crippen molar-refractivity contribution < 1.29 is 22.7 Å². The molecule has 2 aromatic heterocycles. The maximum Gasteiger partial charge on any atom is 0.416 e. The summed E-state index contributed by atoms with van der Waals surface area (Å²) in [5.74, 6) is -0.663. The van der Waals surface area contributed by atoms with Crippen LogP contribution in [0.1, 0.15) is 12.5 Å². The van der Waals surface area contributed by atoms with E-state index in [0.29, 0.717) is 16.4 Å². The van der Waals surface area contributed by atoms with Gasteiger partial charge in [0.1, 0.15) is 11.0 Å². The first kappa shape index (κ1) is 21.0. The smallest absolute Gasteiger partial charge is 0.416 e. The molecule has 2 aromatic carbocycles. The van der Waals surface area contributed by atoms with Gasteiger partial charge >= 0.3 is 12.1 Å². The van der Waals surface area contributed by atoms with Crippen molar-refractivity contribution in [2.24, 2.45) is 0 Å². The fourth-order valence-electron chi connectivity index (χ4n) is 3.21. The second kappa shape index (κ2) is 8.10. The number of carbonyl (C=O) groups is 1.